The second-order valence-corrected chi connectivity index (χ2v) is 4.40. The van der Waals surface area contributed by atoms with Crippen LogP contribution in [0.1, 0.15) is 43.7 Å². The smallest absolute Gasteiger partial charge is 0.220 e. The molecule has 0 saturated heterocycles. The van der Waals surface area contributed by atoms with Crippen LogP contribution in [0.15, 0.2) is 24.3 Å². The number of aryl methyl sites for hydroxylation is 1. The highest BCUT2D eigenvalue weighted by atomic mass is 16.1. The number of unbranched alkanes of at least 4 members (excludes halogenated alkanes) is 1. The van der Waals surface area contributed by atoms with Gasteiger partial charge in [-0.25, -0.2) is 0 Å². The predicted molar refractivity (Wildman–Crippen MR) is 72.2 cm³/mol. The second-order valence-electron chi connectivity index (χ2n) is 4.40. The number of aldehydes is 1. The van der Waals surface area contributed by atoms with Crippen LogP contribution in [0.2, 0.25) is 0 Å². The molecule has 1 aromatic carbocycles. The van der Waals surface area contributed by atoms with Crippen LogP contribution in [-0.2, 0) is 22.6 Å². The first kappa shape index (κ1) is 14.4. The molecule has 98 valence electrons. The van der Waals surface area contributed by atoms with Crippen molar-refractivity contribution in [3.63, 3.8) is 0 Å². The average molecular weight is 247 g/mol. The molecule has 1 N–H and O–H groups in total. The molecule has 0 bridgehead atoms. The highest BCUT2D eigenvalue weighted by molar-refractivity contribution is 5.76. The van der Waals surface area contributed by atoms with E-state index in [-0.39, 0.29) is 5.91 Å². The Hall–Kier alpha value is -1.64. The number of benzene rings is 1. The van der Waals surface area contributed by atoms with Gasteiger partial charge in [0.25, 0.3) is 0 Å². The summed E-state index contributed by atoms with van der Waals surface area (Å²) in [6, 6.07) is 8.32. The van der Waals surface area contributed by atoms with Crippen LogP contribution < -0.4 is 5.32 Å². The molecular formula is C15H21NO2. The minimum absolute atomic E-state index is 0.00878. The number of nitrogens with one attached hydrogen (secondary N) is 1. The predicted octanol–water partition coefficient (Wildman–Crippen LogP) is 2.62. The lowest BCUT2D eigenvalue weighted by Gasteiger charge is -2.06. The monoisotopic (exact) mass is 247 g/mol. The fourth-order valence-corrected chi connectivity index (χ4v) is 1.75. The molecule has 0 aromatic heterocycles. The third-order valence-electron chi connectivity index (χ3n) is 2.78. The van der Waals surface area contributed by atoms with Crippen LogP contribution in [0.5, 0.6) is 0 Å². The number of amides is 1. The number of carbonyl (C=O) groups excluding carboxylic acids is 2. The van der Waals surface area contributed by atoms with Gasteiger partial charge in [0.15, 0.2) is 0 Å². The van der Waals surface area contributed by atoms with E-state index >= 15 is 0 Å². The minimum atomic E-state index is 0.00878. The maximum absolute atomic E-state index is 11.4. The first-order valence-corrected chi connectivity index (χ1v) is 6.54. The molecule has 0 aliphatic heterocycles. The summed E-state index contributed by atoms with van der Waals surface area (Å²) in [4.78, 5) is 21.6. The second kappa shape index (κ2) is 8.45. The first-order valence-electron chi connectivity index (χ1n) is 6.54. The minimum Gasteiger partial charge on any atom is -0.352 e. The maximum atomic E-state index is 11.4. The van der Waals surface area contributed by atoms with Gasteiger partial charge in [-0.2, -0.15) is 0 Å². The van der Waals surface area contributed by atoms with E-state index in [1.54, 1.807) is 0 Å². The number of rotatable bonds is 8. The van der Waals surface area contributed by atoms with E-state index in [2.05, 4.69) is 36.5 Å². The Morgan fingerprint density at radius 1 is 1.22 bits per heavy atom. The maximum Gasteiger partial charge on any atom is 0.220 e. The molecule has 0 unspecified atom stereocenters. The van der Waals surface area contributed by atoms with Crippen molar-refractivity contribution < 1.29 is 9.59 Å². The van der Waals surface area contributed by atoms with E-state index < -0.39 is 0 Å². The van der Waals surface area contributed by atoms with E-state index in [1.165, 1.54) is 5.56 Å². The topological polar surface area (TPSA) is 46.2 Å². The summed E-state index contributed by atoms with van der Waals surface area (Å²) in [6.45, 7) is 2.72. The van der Waals surface area contributed by atoms with Crippen LogP contribution >= 0.6 is 0 Å². The summed E-state index contributed by atoms with van der Waals surface area (Å²) in [6.07, 6.45) is 4.60. The summed E-state index contributed by atoms with van der Waals surface area (Å²) in [7, 11) is 0. The number of hydrogen-bond donors (Lipinski definition) is 1. The Balaban J connectivity index is 2.29. The summed E-state index contributed by atoms with van der Waals surface area (Å²) in [5.74, 6) is 0.00878. The van der Waals surface area contributed by atoms with Crippen molar-refractivity contribution in [3.05, 3.63) is 35.4 Å². The molecule has 0 aliphatic carbocycles. The van der Waals surface area contributed by atoms with Gasteiger partial charge >= 0.3 is 0 Å². The molecule has 0 aliphatic rings. The fraction of sp³-hybridized carbons (Fsp3) is 0.467. The van der Waals surface area contributed by atoms with Crippen LogP contribution in [0.4, 0.5) is 0 Å². The summed E-state index contributed by atoms with van der Waals surface area (Å²) < 4.78 is 0. The highest BCUT2D eigenvalue weighted by Crippen LogP contribution is 2.06. The Kier molecular flexibility index (Phi) is 6.77. The molecule has 0 heterocycles. The molecule has 3 nitrogen and oxygen atoms in total. The van der Waals surface area contributed by atoms with E-state index in [0.717, 1.165) is 24.7 Å². The lowest BCUT2D eigenvalue weighted by molar-refractivity contribution is -0.121. The van der Waals surface area contributed by atoms with Crippen molar-refractivity contribution in [3.8, 4) is 0 Å². The Morgan fingerprint density at radius 3 is 2.50 bits per heavy atom. The molecule has 1 amide bonds. The lowest BCUT2D eigenvalue weighted by Crippen LogP contribution is -2.22. The zero-order valence-electron chi connectivity index (χ0n) is 10.9. The van der Waals surface area contributed by atoms with Crippen LogP contribution in [0, 0.1) is 0 Å². The molecular weight excluding hydrogens is 226 g/mol. The van der Waals surface area contributed by atoms with Gasteiger partial charge in [0.05, 0.1) is 0 Å². The molecule has 3 heteroatoms. The zero-order chi connectivity index (χ0) is 13.2. The van der Waals surface area contributed by atoms with Gasteiger partial charge in [-0.1, -0.05) is 37.6 Å². The lowest BCUT2D eigenvalue weighted by atomic mass is 10.1. The van der Waals surface area contributed by atoms with E-state index in [1.807, 2.05) is 0 Å². The number of carbonyl (C=O) groups is 2. The first-order chi connectivity index (χ1) is 8.76. The van der Waals surface area contributed by atoms with Crippen molar-refractivity contribution in [2.75, 3.05) is 0 Å². The normalized spacial score (nSPS) is 10.1. The summed E-state index contributed by atoms with van der Waals surface area (Å²) in [5, 5.41) is 2.85. The fourth-order valence-electron chi connectivity index (χ4n) is 1.75. The molecule has 18 heavy (non-hydrogen) atoms. The molecule has 0 saturated carbocycles. The molecule has 1 rings (SSSR count). The summed E-state index contributed by atoms with van der Waals surface area (Å²) >= 11 is 0. The third-order valence-corrected chi connectivity index (χ3v) is 2.78. The van der Waals surface area contributed by atoms with Crippen molar-refractivity contribution in [2.45, 2.75) is 45.6 Å². The van der Waals surface area contributed by atoms with Gasteiger partial charge in [0.1, 0.15) is 6.29 Å². The molecule has 0 atom stereocenters. The highest BCUT2D eigenvalue weighted by Gasteiger charge is 2.01. The van der Waals surface area contributed by atoms with Gasteiger partial charge in [-0.3, -0.25) is 4.79 Å². The largest absolute Gasteiger partial charge is 0.352 e. The van der Waals surface area contributed by atoms with Gasteiger partial charge in [0.2, 0.25) is 5.91 Å². The van der Waals surface area contributed by atoms with Crippen molar-refractivity contribution in [2.24, 2.45) is 0 Å². The van der Waals surface area contributed by atoms with Crippen LogP contribution in [0.25, 0.3) is 0 Å². The van der Waals surface area contributed by atoms with Crippen molar-refractivity contribution in [1.29, 1.82) is 0 Å². The van der Waals surface area contributed by atoms with Crippen molar-refractivity contribution >= 4 is 12.2 Å². The molecule has 0 spiro atoms. The Morgan fingerprint density at radius 2 is 1.89 bits per heavy atom. The SMILES string of the molecule is CCCc1ccc(CNC(=O)CCCC=O)cc1. The van der Waals surface area contributed by atoms with Crippen LogP contribution in [0.3, 0.4) is 0 Å². The third kappa shape index (κ3) is 5.62. The van der Waals surface area contributed by atoms with Gasteiger partial charge < -0.3 is 10.1 Å². The number of hydrogen-bond acceptors (Lipinski definition) is 2. The quantitative estimate of drug-likeness (QED) is 0.567. The Bertz CT molecular complexity index is 371. The Labute approximate surface area is 109 Å². The van der Waals surface area contributed by atoms with E-state index in [4.69, 9.17) is 0 Å². The standard InChI is InChI=1S/C15H21NO2/c1-2-5-13-7-9-14(10-8-13)12-16-15(18)6-3-4-11-17/h7-11H,2-6,12H2,1H3,(H,16,18). The molecule has 0 fully saturated rings. The van der Waals surface area contributed by atoms with Gasteiger partial charge in [-0.05, 0) is 24.0 Å². The van der Waals surface area contributed by atoms with Gasteiger partial charge in [0, 0.05) is 19.4 Å². The van der Waals surface area contributed by atoms with Crippen molar-refractivity contribution in [1.82, 2.24) is 5.32 Å². The van der Waals surface area contributed by atoms with E-state index in [0.29, 0.717) is 25.8 Å². The van der Waals surface area contributed by atoms with E-state index in [9.17, 15) is 9.59 Å². The van der Waals surface area contributed by atoms with Crippen LogP contribution in [-0.4, -0.2) is 12.2 Å². The van der Waals surface area contributed by atoms with Gasteiger partial charge in [-0.15, -0.1) is 0 Å². The molecule has 0 radical (unpaired) electrons. The zero-order valence-corrected chi connectivity index (χ0v) is 10.9. The average Bonchev–Trinajstić information content (AvgIpc) is 2.39. The molecule has 1 aromatic rings. The summed E-state index contributed by atoms with van der Waals surface area (Å²) in [5.41, 5.74) is 2.44.